The number of carbonyl (C=O) groups is 1. The standard InChI is InChI=1S/C12H9BrO3S2/c13-8-5-9(17-6-8)7-18(16)11-4-2-1-3-10(11)12(14)15/h1-6H,7H2,(H,14,15). The van der Waals surface area contributed by atoms with E-state index in [1.807, 2.05) is 11.4 Å². The minimum atomic E-state index is -1.34. The Hall–Kier alpha value is -0.980. The molecule has 0 fully saturated rings. The van der Waals surface area contributed by atoms with Gasteiger partial charge in [0.1, 0.15) is 0 Å². The normalized spacial score (nSPS) is 12.3. The Morgan fingerprint density at radius 2 is 2.11 bits per heavy atom. The molecule has 0 aliphatic rings. The van der Waals surface area contributed by atoms with Crippen molar-refractivity contribution >= 4 is 44.0 Å². The molecule has 2 aromatic rings. The highest BCUT2D eigenvalue weighted by Crippen LogP contribution is 2.24. The van der Waals surface area contributed by atoms with E-state index in [2.05, 4.69) is 15.9 Å². The molecule has 1 atom stereocenters. The molecule has 3 nitrogen and oxygen atoms in total. The quantitative estimate of drug-likeness (QED) is 0.923. The summed E-state index contributed by atoms with van der Waals surface area (Å²) in [6.07, 6.45) is 0. The van der Waals surface area contributed by atoms with E-state index >= 15 is 0 Å². The fourth-order valence-corrected chi connectivity index (χ4v) is 4.44. The van der Waals surface area contributed by atoms with Gasteiger partial charge in [-0.3, -0.25) is 4.21 Å². The minimum absolute atomic E-state index is 0.103. The average Bonchev–Trinajstić information content (AvgIpc) is 2.74. The fourth-order valence-electron chi connectivity index (χ4n) is 1.48. The predicted octanol–water partition coefficient (Wildman–Crippen LogP) is 3.52. The van der Waals surface area contributed by atoms with E-state index < -0.39 is 16.8 Å². The lowest BCUT2D eigenvalue weighted by Crippen LogP contribution is -2.05. The number of aromatic carboxylic acids is 1. The maximum absolute atomic E-state index is 12.2. The first kappa shape index (κ1) is 13.5. The molecule has 0 radical (unpaired) electrons. The molecule has 1 N–H and O–H groups in total. The molecular formula is C12H9BrO3S2. The first-order valence-electron chi connectivity index (χ1n) is 5.01. The summed E-state index contributed by atoms with van der Waals surface area (Å²) in [7, 11) is -1.34. The van der Waals surface area contributed by atoms with Gasteiger partial charge in [0.2, 0.25) is 0 Å². The average molecular weight is 345 g/mol. The predicted molar refractivity (Wildman–Crippen MR) is 75.5 cm³/mol. The molecule has 94 valence electrons. The highest BCUT2D eigenvalue weighted by Gasteiger charge is 2.15. The van der Waals surface area contributed by atoms with Crippen LogP contribution in [0.5, 0.6) is 0 Å². The van der Waals surface area contributed by atoms with E-state index in [4.69, 9.17) is 5.11 Å². The van der Waals surface area contributed by atoms with Crippen molar-refractivity contribution in [2.24, 2.45) is 0 Å². The van der Waals surface area contributed by atoms with Gasteiger partial charge in [-0.05, 0) is 34.1 Å². The molecule has 1 heterocycles. The zero-order valence-corrected chi connectivity index (χ0v) is 12.3. The number of thiophene rings is 1. The molecule has 0 bridgehead atoms. The second kappa shape index (κ2) is 5.77. The third-order valence-corrected chi connectivity index (χ3v) is 5.56. The maximum Gasteiger partial charge on any atom is 0.336 e. The van der Waals surface area contributed by atoms with Gasteiger partial charge < -0.3 is 5.11 Å². The number of carboxylic acids is 1. The summed E-state index contributed by atoms with van der Waals surface area (Å²) in [5, 5.41) is 11.0. The summed E-state index contributed by atoms with van der Waals surface area (Å²) in [5.41, 5.74) is 0.103. The van der Waals surface area contributed by atoms with E-state index in [0.29, 0.717) is 10.6 Å². The van der Waals surface area contributed by atoms with Gasteiger partial charge in [0.05, 0.1) is 27.0 Å². The molecular weight excluding hydrogens is 336 g/mol. The van der Waals surface area contributed by atoms with Gasteiger partial charge in [0.15, 0.2) is 0 Å². The van der Waals surface area contributed by atoms with E-state index in [-0.39, 0.29) is 5.56 Å². The van der Waals surface area contributed by atoms with Gasteiger partial charge in [-0.15, -0.1) is 11.3 Å². The van der Waals surface area contributed by atoms with E-state index in [1.165, 1.54) is 17.4 Å². The summed E-state index contributed by atoms with van der Waals surface area (Å²) in [6, 6.07) is 8.30. The van der Waals surface area contributed by atoms with Gasteiger partial charge in [0.25, 0.3) is 0 Å². The van der Waals surface area contributed by atoms with Crippen LogP contribution in [0.15, 0.2) is 45.1 Å². The van der Waals surface area contributed by atoms with Crippen LogP contribution < -0.4 is 0 Å². The monoisotopic (exact) mass is 344 g/mol. The zero-order valence-electron chi connectivity index (χ0n) is 9.13. The summed E-state index contributed by atoms with van der Waals surface area (Å²) in [5.74, 6) is -0.716. The molecule has 18 heavy (non-hydrogen) atoms. The molecule has 0 aliphatic carbocycles. The number of halogens is 1. The first-order valence-corrected chi connectivity index (χ1v) is 8.00. The van der Waals surface area contributed by atoms with Crippen molar-refractivity contribution in [3.8, 4) is 0 Å². The SMILES string of the molecule is O=C(O)c1ccccc1S(=O)Cc1cc(Br)cs1. The first-order chi connectivity index (χ1) is 8.58. The molecule has 0 saturated heterocycles. The number of benzene rings is 1. The Morgan fingerprint density at radius 3 is 2.72 bits per heavy atom. The lowest BCUT2D eigenvalue weighted by atomic mass is 10.2. The fraction of sp³-hybridized carbons (Fsp3) is 0.0833. The number of hydrogen-bond donors (Lipinski definition) is 1. The van der Waals surface area contributed by atoms with E-state index in [9.17, 15) is 9.00 Å². The van der Waals surface area contributed by atoms with Gasteiger partial charge in [-0.2, -0.15) is 0 Å². The van der Waals surface area contributed by atoms with Crippen molar-refractivity contribution < 1.29 is 14.1 Å². The second-order valence-electron chi connectivity index (χ2n) is 3.52. The van der Waals surface area contributed by atoms with Crippen molar-refractivity contribution in [1.82, 2.24) is 0 Å². The Labute approximate surface area is 119 Å². The smallest absolute Gasteiger partial charge is 0.336 e. The van der Waals surface area contributed by atoms with Crippen LogP contribution in [-0.2, 0) is 16.6 Å². The van der Waals surface area contributed by atoms with Crippen LogP contribution in [0.4, 0.5) is 0 Å². The highest BCUT2D eigenvalue weighted by molar-refractivity contribution is 9.10. The second-order valence-corrected chi connectivity index (χ2v) is 6.85. The minimum Gasteiger partial charge on any atom is -0.478 e. The molecule has 1 aromatic carbocycles. The molecule has 6 heteroatoms. The van der Waals surface area contributed by atoms with Crippen LogP contribution in [-0.4, -0.2) is 15.3 Å². The van der Waals surface area contributed by atoms with Crippen LogP contribution in [0.3, 0.4) is 0 Å². The zero-order chi connectivity index (χ0) is 13.1. The largest absolute Gasteiger partial charge is 0.478 e. The molecule has 0 amide bonds. The third-order valence-electron chi connectivity index (χ3n) is 2.26. The van der Waals surface area contributed by atoms with Gasteiger partial charge >= 0.3 is 5.97 Å². The van der Waals surface area contributed by atoms with E-state index in [1.54, 1.807) is 18.2 Å². The maximum atomic E-state index is 12.2. The van der Waals surface area contributed by atoms with Crippen LogP contribution in [0.1, 0.15) is 15.2 Å². The Balaban J connectivity index is 2.26. The van der Waals surface area contributed by atoms with Crippen LogP contribution >= 0.6 is 27.3 Å². The van der Waals surface area contributed by atoms with Crippen molar-refractivity contribution in [1.29, 1.82) is 0 Å². The number of carboxylic acid groups (broad SMARTS) is 1. The number of rotatable bonds is 4. The van der Waals surface area contributed by atoms with Crippen molar-refractivity contribution in [2.75, 3.05) is 0 Å². The molecule has 1 aromatic heterocycles. The molecule has 0 aliphatic heterocycles. The van der Waals surface area contributed by atoms with Gasteiger partial charge in [0, 0.05) is 14.7 Å². The summed E-state index contributed by atoms with van der Waals surface area (Å²) >= 11 is 4.83. The van der Waals surface area contributed by atoms with Crippen LogP contribution in [0.25, 0.3) is 0 Å². The lowest BCUT2D eigenvalue weighted by molar-refractivity contribution is 0.0693. The molecule has 1 unspecified atom stereocenters. The van der Waals surface area contributed by atoms with Crippen LogP contribution in [0.2, 0.25) is 0 Å². The van der Waals surface area contributed by atoms with Gasteiger partial charge in [-0.1, -0.05) is 12.1 Å². The lowest BCUT2D eigenvalue weighted by Gasteiger charge is -2.04. The summed E-state index contributed by atoms with van der Waals surface area (Å²) in [4.78, 5) is 12.4. The number of hydrogen-bond acceptors (Lipinski definition) is 3. The molecule has 0 saturated carbocycles. The molecule has 2 rings (SSSR count). The molecule has 0 spiro atoms. The van der Waals surface area contributed by atoms with Crippen molar-refractivity contribution in [3.05, 3.63) is 50.6 Å². The van der Waals surface area contributed by atoms with Gasteiger partial charge in [-0.25, -0.2) is 4.79 Å². The summed E-state index contributed by atoms with van der Waals surface area (Å²) < 4.78 is 13.1. The third kappa shape index (κ3) is 3.07. The van der Waals surface area contributed by atoms with Crippen molar-refractivity contribution in [2.45, 2.75) is 10.6 Å². The van der Waals surface area contributed by atoms with E-state index in [0.717, 1.165) is 9.35 Å². The Kier molecular flexibility index (Phi) is 4.31. The topological polar surface area (TPSA) is 54.4 Å². The Bertz CT molecular complexity index is 607. The Morgan fingerprint density at radius 1 is 1.39 bits per heavy atom. The highest BCUT2D eigenvalue weighted by atomic mass is 79.9. The van der Waals surface area contributed by atoms with Crippen molar-refractivity contribution in [3.63, 3.8) is 0 Å². The van der Waals surface area contributed by atoms with Crippen LogP contribution in [0, 0.1) is 0 Å². The summed E-state index contributed by atoms with van der Waals surface area (Å²) in [6.45, 7) is 0.